The monoisotopic (exact) mass is 288 g/mol. The van der Waals surface area contributed by atoms with Gasteiger partial charge >= 0.3 is 5.97 Å². The van der Waals surface area contributed by atoms with Gasteiger partial charge in [0.1, 0.15) is 0 Å². The minimum Gasteiger partial charge on any atom is -0.478 e. The number of carbonyl (C=O) groups excluding carboxylic acids is 2. The largest absolute Gasteiger partial charge is 0.478 e. The van der Waals surface area contributed by atoms with Gasteiger partial charge in [-0.2, -0.15) is 0 Å². The summed E-state index contributed by atoms with van der Waals surface area (Å²) in [6, 6.07) is 4.39. The van der Waals surface area contributed by atoms with Crippen LogP contribution in [-0.4, -0.2) is 22.9 Å². The molecule has 1 aromatic carbocycles. The SMILES string of the molecule is O=C(O)c1cc(NC(=O)C2CC2)cc(NC(=O)C2CC2)c1. The summed E-state index contributed by atoms with van der Waals surface area (Å²) in [5.74, 6) is -1.24. The van der Waals surface area contributed by atoms with Crippen molar-refractivity contribution in [1.82, 2.24) is 0 Å². The van der Waals surface area contributed by atoms with Crippen LogP contribution in [0, 0.1) is 11.8 Å². The second kappa shape index (κ2) is 5.20. The van der Waals surface area contributed by atoms with E-state index in [0.717, 1.165) is 25.7 Å². The quantitative estimate of drug-likeness (QED) is 0.773. The van der Waals surface area contributed by atoms with E-state index in [4.69, 9.17) is 5.11 Å². The highest BCUT2D eigenvalue weighted by molar-refractivity contribution is 6.00. The Morgan fingerprint density at radius 3 is 1.62 bits per heavy atom. The lowest BCUT2D eigenvalue weighted by molar-refractivity contribution is -0.118. The molecule has 1 aromatic rings. The Morgan fingerprint density at radius 1 is 0.857 bits per heavy atom. The van der Waals surface area contributed by atoms with Crippen LogP contribution in [0.1, 0.15) is 36.0 Å². The summed E-state index contributed by atoms with van der Waals surface area (Å²) in [6.07, 6.45) is 3.48. The minimum atomic E-state index is -1.10. The summed E-state index contributed by atoms with van der Waals surface area (Å²) in [5, 5.41) is 14.5. The van der Waals surface area contributed by atoms with Crippen LogP contribution in [0.3, 0.4) is 0 Å². The van der Waals surface area contributed by atoms with Crippen molar-refractivity contribution < 1.29 is 19.5 Å². The molecule has 2 aliphatic carbocycles. The number of anilines is 2. The Labute approximate surface area is 121 Å². The Bertz CT molecular complexity index is 574. The van der Waals surface area contributed by atoms with Gasteiger partial charge in [0, 0.05) is 23.2 Å². The first-order valence-corrected chi connectivity index (χ1v) is 7.03. The molecule has 0 radical (unpaired) electrons. The van der Waals surface area contributed by atoms with E-state index in [-0.39, 0.29) is 29.2 Å². The van der Waals surface area contributed by atoms with Crippen LogP contribution in [0.2, 0.25) is 0 Å². The third-order valence-corrected chi connectivity index (χ3v) is 3.61. The van der Waals surface area contributed by atoms with Gasteiger partial charge in [-0.15, -0.1) is 0 Å². The number of rotatable bonds is 5. The molecule has 3 rings (SSSR count). The smallest absolute Gasteiger partial charge is 0.335 e. The Balaban J connectivity index is 1.80. The molecule has 2 saturated carbocycles. The zero-order chi connectivity index (χ0) is 15.0. The van der Waals surface area contributed by atoms with Crippen molar-refractivity contribution in [3.8, 4) is 0 Å². The first kappa shape index (κ1) is 13.6. The summed E-state index contributed by atoms with van der Waals surface area (Å²) in [5.41, 5.74) is 0.838. The zero-order valence-corrected chi connectivity index (χ0v) is 11.4. The predicted octanol–water partition coefficient (Wildman–Crippen LogP) is 2.08. The second-order valence-electron chi connectivity index (χ2n) is 5.63. The van der Waals surface area contributed by atoms with Crippen molar-refractivity contribution in [2.24, 2.45) is 11.8 Å². The number of nitrogens with one attached hydrogen (secondary N) is 2. The molecule has 2 fully saturated rings. The molecule has 110 valence electrons. The average molecular weight is 288 g/mol. The standard InChI is InChI=1S/C15H16N2O4/c18-13(8-1-2-8)16-11-5-10(15(20)21)6-12(7-11)17-14(19)9-3-4-9/h5-9H,1-4H2,(H,16,18)(H,17,19)(H,20,21). The van der Waals surface area contributed by atoms with E-state index < -0.39 is 5.97 Å². The van der Waals surface area contributed by atoms with Crippen molar-refractivity contribution in [3.05, 3.63) is 23.8 Å². The Morgan fingerprint density at radius 2 is 1.29 bits per heavy atom. The van der Waals surface area contributed by atoms with Crippen molar-refractivity contribution >= 4 is 29.2 Å². The van der Waals surface area contributed by atoms with E-state index in [2.05, 4.69) is 10.6 Å². The maximum atomic E-state index is 11.8. The van der Waals surface area contributed by atoms with Gasteiger partial charge in [-0.1, -0.05) is 0 Å². The number of carboxylic acid groups (broad SMARTS) is 1. The number of benzene rings is 1. The molecular formula is C15H16N2O4. The molecule has 0 aliphatic heterocycles. The maximum absolute atomic E-state index is 11.8. The van der Waals surface area contributed by atoms with Crippen molar-refractivity contribution in [1.29, 1.82) is 0 Å². The molecule has 0 heterocycles. The van der Waals surface area contributed by atoms with Crippen molar-refractivity contribution in [2.75, 3.05) is 10.6 Å². The maximum Gasteiger partial charge on any atom is 0.335 e. The van der Waals surface area contributed by atoms with Crippen LogP contribution >= 0.6 is 0 Å². The molecule has 6 heteroatoms. The van der Waals surface area contributed by atoms with Gasteiger partial charge < -0.3 is 15.7 Å². The number of hydrogen-bond donors (Lipinski definition) is 3. The molecule has 21 heavy (non-hydrogen) atoms. The molecule has 6 nitrogen and oxygen atoms in total. The van der Waals surface area contributed by atoms with E-state index in [1.165, 1.54) is 12.1 Å². The first-order chi connectivity index (χ1) is 10.0. The number of carboxylic acids is 1. The normalized spacial score (nSPS) is 17.1. The number of aromatic carboxylic acids is 1. The molecule has 0 spiro atoms. The molecule has 0 saturated heterocycles. The van der Waals surface area contributed by atoms with Crippen LogP contribution in [0.25, 0.3) is 0 Å². The van der Waals surface area contributed by atoms with Crippen LogP contribution in [0.15, 0.2) is 18.2 Å². The van der Waals surface area contributed by atoms with Gasteiger partial charge in [-0.05, 0) is 43.9 Å². The summed E-state index contributed by atoms with van der Waals surface area (Å²) >= 11 is 0. The molecule has 0 unspecified atom stereocenters. The zero-order valence-electron chi connectivity index (χ0n) is 11.4. The highest BCUT2D eigenvalue weighted by Crippen LogP contribution is 2.32. The lowest BCUT2D eigenvalue weighted by atomic mass is 10.1. The fourth-order valence-electron chi connectivity index (χ4n) is 2.08. The number of amides is 2. The molecule has 3 N–H and O–H groups in total. The number of hydrogen-bond acceptors (Lipinski definition) is 3. The van der Waals surface area contributed by atoms with Gasteiger partial charge in [-0.25, -0.2) is 4.79 Å². The van der Waals surface area contributed by atoms with Crippen LogP contribution < -0.4 is 10.6 Å². The van der Waals surface area contributed by atoms with E-state index >= 15 is 0 Å². The fourth-order valence-corrected chi connectivity index (χ4v) is 2.08. The van der Waals surface area contributed by atoms with Gasteiger partial charge in [0.2, 0.25) is 11.8 Å². The van der Waals surface area contributed by atoms with Gasteiger partial charge in [-0.3, -0.25) is 9.59 Å². The molecule has 0 atom stereocenters. The van der Waals surface area contributed by atoms with E-state index in [1.54, 1.807) is 6.07 Å². The molecule has 2 amide bonds. The highest BCUT2D eigenvalue weighted by atomic mass is 16.4. The van der Waals surface area contributed by atoms with Crippen molar-refractivity contribution in [3.63, 3.8) is 0 Å². The minimum absolute atomic E-state index is 0.0305. The van der Waals surface area contributed by atoms with Gasteiger partial charge in [0.15, 0.2) is 0 Å². The van der Waals surface area contributed by atoms with Crippen LogP contribution in [-0.2, 0) is 9.59 Å². The molecule has 2 aliphatic rings. The first-order valence-electron chi connectivity index (χ1n) is 7.03. The lowest BCUT2D eigenvalue weighted by Gasteiger charge is -2.10. The summed E-state index contributed by atoms with van der Waals surface area (Å²) in [7, 11) is 0. The Hall–Kier alpha value is -2.37. The predicted molar refractivity (Wildman–Crippen MR) is 76.1 cm³/mol. The third kappa shape index (κ3) is 3.39. The topological polar surface area (TPSA) is 95.5 Å². The van der Waals surface area contributed by atoms with E-state index in [1.807, 2.05) is 0 Å². The molecule has 0 bridgehead atoms. The Kier molecular flexibility index (Phi) is 3.37. The van der Waals surface area contributed by atoms with Gasteiger partial charge in [0.05, 0.1) is 5.56 Å². The highest BCUT2D eigenvalue weighted by Gasteiger charge is 2.31. The summed E-state index contributed by atoms with van der Waals surface area (Å²) in [4.78, 5) is 34.7. The average Bonchev–Trinajstić information content (AvgIpc) is 3.30. The third-order valence-electron chi connectivity index (χ3n) is 3.61. The molecule has 0 aromatic heterocycles. The van der Waals surface area contributed by atoms with Gasteiger partial charge in [0.25, 0.3) is 0 Å². The van der Waals surface area contributed by atoms with E-state index in [9.17, 15) is 14.4 Å². The van der Waals surface area contributed by atoms with E-state index in [0.29, 0.717) is 11.4 Å². The van der Waals surface area contributed by atoms with Crippen LogP contribution in [0.5, 0.6) is 0 Å². The fraction of sp³-hybridized carbons (Fsp3) is 0.400. The lowest BCUT2D eigenvalue weighted by Crippen LogP contribution is -2.16. The van der Waals surface area contributed by atoms with Crippen molar-refractivity contribution in [2.45, 2.75) is 25.7 Å². The summed E-state index contributed by atoms with van der Waals surface area (Å²) < 4.78 is 0. The number of carbonyl (C=O) groups is 3. The summed E-state index contributed by atoms with van der Waals surface area (Å²) in [6.45, 7) is 0. The molecular weight excluding hydrogens is 272 g/mol. The second-order valence-corrected chi connectivity index (χ2v) is 5.63. The van der Waals surface area contributed by atoms with Crippen LogP contribution in [0.4, 0.5) is 11.4 Å².